The minimum atomic E-state index is -3.36. The number of aryl methyl sites for hydroxylation is 1. The molecule has 2 heterocycles. The van der Waals surface area contributed by atoms with Crippen LogP contribution in [0.1, 0.15) is 28.1 Å². The molecule has 1 N–H and O–H groups in total. The summed E-state index contributed by atoms with van der Waals surface area (Å²) < 4.78 is 36.8. The fraction of sp³-hybridized carbons (Fsp3) is 0.421. The van der Waals surface area contributed by atoms with Gasteiger partial charge in [0.05, 0.1) is 25.2 Å². The van der Waals surface area contributed by atoms with Gasteiger partial charge < -0.3 is 14.5 Å². The standard InChI is InChI=1S/C19H24N2O5S/c22-19(20-9-1-3-18-4-2-12-26-18)17-7-5-16(6-8-17)15-27(23,24)21-10-13-25-14-11-21/h2,4-8,12H,1,3,9-11,13-15H2,(H,20,22). The van der Waals surface area contributed by atoms with Crippen LogP contribution in [0.3, 0.4) is 0 Å². The fourth-order valence-electron chi connectivity index (χ4n) is 2.90. The van der Waals surface area contributed by atoms with E-state index < -0.39 is 10.0 Å². The van der Waals surface area contributed by atoms with Crippen molar-refractivity contribution in [1.82, 2.24) is 9.62 Å². The summed E-state index contributed by atoms with van der Waals surface area (Å²) in [5.41, 5.74) is 1.18. The molecule has 0 atom stereocenters. The zero-order valence-corrected chi connectivity index (χ0v) is 15.9. The van der Waals surface area contributed by atoms with Gasteiger partial charge in [-0.15, -0.1) is 0 Å². The number of morpholine rings is 1. The van der Waals surface area contributed by atoms with Crippen molar-refractivity contribution in [2.45, 2.75) is 18.6 Å². The maximum Gasteiger partial charge on any atom is 0.251 e. The SMILES string of the molecule is O=C(NCCCc1ccco1)c1ccc(CS(=O)(=O)N2CCOCC2)cc1. The van der Waals surface area contributed by atoms with E-state index in [-0.39, 0.29) is 11.7 Å². The first-order valence-corrected chi connectivity index (χ1v) is 10.6. The molecule has 1 aliphatic rings. The zero-order chi connectivity index (χ0) is 19.1. The van der Waals surface area contributed by atoms with Gasteiger partial charge in [-0.2, -0.15) is 4.31 Å². The summed E-state index contributed by atoms with van der Waals surface area (Å²) in [6.45, 7) is 2.19. The summed E-state index contributed by atoms with van der Waals surface area (Å²) in [4.78, 5) is 12.2. The third-order valence-corrected chi connectivity index (χ3v) is 6.24. The van der Waals surface area contributed by atoms with Crippen LogP contribution in [0.15, 0.2) is 47.1 Å². The van der Waals surface area contributed by atoms with Gasteiger partial charge in [-0.1, -0.05) is 12.1 Å². The van der Waals surface area contributed by atoms with Crippen molar-refractivity contribution < 1.29 is 22.4 Å². The Hall–Kier alpha value is -2.16. The number of amides is 1. The number of hydrogen-bond acceptors (Lipinski definition) is 5. The molecular weight excluding hydrogens is 368 g/mol. The molecule has 0 spiro atoms. The van der Waals surface area contributed by atoms with Crippen molar-refractivity contribution in [2.24, 2.45) is 0 Å². The lowest BCUT2D eigenvalue weighted by Crippen LogP contribution is -2.41. The molecule has 7 nitrogen and oxygen atoms in total. The van der Waals surface area contributed by atoms with E-state index in [1.807, 2.05) is 12.1 Å². The second-order valence-corrected chi connectivity index (χ2v) is 8.37. The molecule has 0 bridgehead atoms. The van der Waals surface area contributed by atoms with Crippen LogP contribution in [-0.2, 0) is 26.9 Å². The smallest absolute Gasteiger partial charge is 0.251 e. The molecule has 1 saturated heterocycles. The molecule has 0 unspecified atom stereocenters. The van der Waals surface area contributed by atoms with Crippen molar-refractivity contribution in [2.75, 3.05) is 32.8 Å². The van der Waals surface area contributed by atoms with Crippen molar-refractivity contribution in [1.29, 1.82) is 0 Å². The predicted molar refractivity (Wildman–Crippen MR) is 101 cm³/mol. The number of carbonyl (C=O) groups is 1. The van der Waals surface area contributed by atoms with E-state index in [1.165, 1.54) is 4.31 Å². The quantitative estimate of drug-likeness (QED) is 0.692. The number of rotatable bonds is 8. The Labute approximate surface area is 159 Å². The van der Waals surface area contributed by atoms with E-state index in [0.29, 0.717) is 44.0 Å². The Kier molecular flexibility index (Phi) is 6.65. The van der Waals surface area contributed by atoms with Crippen LogP contribution in [0.5, 0.6) is 0 Å². The highest BCUT2D eigenvalue weighted by molar-refractivity contribution is 7.88. The highest BCUT2D eigenvalue weighted by Crippen LogP contribution is 2.14. The number of ether oxygens (including phenoxy) is 1. The Morgan fingerprint density at radius 1 is 1.11 bits per heavy atom. The van der Waals surface area contributed by atoms with Crippen LogP contribution in [0.4, 0.5) is 0 Å². The van der Waals surface area contributed by atoms with Crippen molar-refractivity contribution in [3.8, 4) is 0 Å². The average Bonchev–Trinajstić information content (AvgIpc) is 3.20. The van der Waals surface area contributed by atoms with Crippen LogP contribution in [0.25, 0.3) is 0 Å². The number of carbonyl (C=O) groups excluding carboxylic acids is 1. The van der Waals surface area contributed by atoms with E-state index in [0.717, 1.165) is 18.6 Å². The molecule has 3 rings (SSSR count). The summed E-state index contributed by atoms with van der Waals surface area (Å²) in [6.07, 6.45) is 3.19. The van der Waals surface area contributed by atoms with Crippen LogP contribution < -0.4 is 5.32 Å². The average molecular weight is 392 g/mol. The maximum absolute atomic E-state index is 12.4. The molecule has 2 aromatic rings. The number of furan rings is 1. The van der Waals surface area contributed by atoms with Gasteiger partial charge in [-0.25, -0.2) is 8.42 Å². The van der Waals surface area contributed by atoms with Crippen LogP contribution in [0.2, 0.25) is 0 Å². The molecule has 1 aliphatic heterocycles. The van der Waals surface area contributed by atoms with Crippen LogP contribution >= 0.6 is 0 Å². The molecule has 1 aromatic heterocycles. The van der Waals surface area contributed by atoms with Gasteiger partial charge in [0, 0.05) is 31.6 Å². The van der Waals surface area contributed by atoms with Crippen LogP contribution in [0, 0.1) is 0 Å². The summed E-state index contributed by atoms with van der Waals surface area (Å²) >= 11 is 0. The zero-order valence-electron chi connectivity index (χ0n) is 15.1. The molecule has 1 fully saturated rings. The lowest BCUT2D eigenvalue weighted by molar-refractivity contribution is 0.0729. The van der Waals surface area contributed by atoms with Crippen molar-refractivity contribution >= 4 is 15.9 Å². The normalized spacial score (nSPS) is 15.6. The molecule has 8 heteroatoms. The molecule has 27 heavy (non-hydrogen) atoms. The Morgan fingerprint density at radius 3 is 2.52 bits per heavy atom. The molecular formula is C19H24N2O5S. The molecule has 0 radical (unpaired) electrons. The Balaban J connectivity index is 1.48. The van der Waals surface area contributed by atoms with E-state index in [9.17, 15) is 13.2 Å². The van der Waals surface area contributed by atoms with E-state index >= 15 is 0 Å². The number of nitrogens with zero attached hydrogens (tertiary/aromatic N) is 1. The third kappa shape index (κ3) is 5.66. The Morgan fingerprint density at radius 2 is 1.85 bits per heavy atom. The number of sulfonamides is 1. The van der Waals surface area contributed by atoms with Gasteiger partial charge in [0.25, 0.3) is 5.91 Å². The van der Waals surface area contributed by atoms with Gasteiger partial charge >= 0.3 is 0 Å². The summed E-state index contributed by atoms with van der Waals surface area (Å²) in [6, 6.07) is 10.4. The largest absolute Gasteiger partial charge is 0.469 e. The van der Waals surface area contributed by atoms with E-state index in [2.05, 4.69) is 5.32 Å². The minimum Gasteiger partial charge on any atom is -0.469 e. The highest BCUT2D eigenvalue weighted by Gasteiger charge is 2.24. The molecule has 1 aromatic carbocycles. The van der Waals surface area contributed by atoms with Gasteiger partial charge in [0.15, 0.2) is 0 Å². The highest BCUT2D eigenvalue weighted by atomic mass is 32.2. The first-order chi connectivity index (χ1) is 13.0. The topological polar surface area (TPSA) is 88.8 Å². The maximum atomic E-state index is 12.4. The molecule has 0 aliphatic carbocycles. The van der Waals surface area contributed by atoms with Gasteiger partial charge in [-0.3, -0.25) is 4.79 Å². The molecule has 0 saturated carbocycles. The lowest BCUT2D eigenvalue weighted by Gasteiger charge is -2.26. The lowest BCUT2D eigenvalue weighted by atomic mass is 10.1. The number of nitrogens with one attached hydrogen (secondary N) is 1. The van der Waals surface area contributed by atoms with E-state index in [4.69, 9.17) is 9.15 Å². The summed E-state index contributed by atoms with van der Waals surface area (Å²) in [5.74, 6) is 0.657. The monoisotopic (exact) mass is 392 g/mol. The summed E-state index contributed by atoms with van der Waals surface area (Å²) in [7, 11) is -3.36. The predicted octanol–water partition coefficient (Wildman–Crippen LogP) is 1.80. The van der Waals surface area contributed by atoms with Crippen molar-refractivity contribution in [3.05, 3.63) is 59.5 Å². The first-order valence-electron chi connectivity index (χ1n) is 9.00. The van der Waals surface area contributed by atoms with Gasteiger partial charge in [0.1, 0.15) is 5.76 Å². The second kappa shape index (κ2) is 9.16. The number of benzene rings is 1. The van der Waals surface area contributed by atoms with Gasteiger partial charge in [0.2, 0.25) is 10.0 Å². The van der Waals surface area contributed by atoms with Crippen LogP contribution in [-0.4, -0.2) is 51.5 Å². The summed E-state index contributed by atoms with van der Waals surface area (Å²) in [5, 5.41) is 2.86. The minimum absolute atomic E-state index is 0.0714. The number of hydrogen-bond donors (Lipinski definition) is 1. The molecule has 1 amide bonds. The van der Waals surface area contributed by atoms with Crippen molar-refractivity contribution in [3.63, 3.8) is 0 Å². The van der Waals surface area contributed by atoms with Gasteiger partial charge in [-0.05, 0) is 36.2 Å². The fourth-order valence-corrected chi connectivity index (χ4v) is 4.40. The second-order valence-electron chi connectivity index (χ2n) is 6.40. The van der Waals surface area contributed by atoms with E-state index in [1.54, 1.807) is 30.5 Å². The Bertz CT molecular complexity index is 825. The molecule has 146 valence electrons. The third-order valence-electron chi connectivity index (χ3n) is 4.39. The first kappa shape index (κ1) is 19.6.